The third-order valence-electron chi connectivity index (χ3n) is 3.26. The molecule has 0 radical (unpaired) electrons. The van der Waals surface area contributed by atoms with Gasteiger partial charge in [-0.05, 0) is 18.8 Å². The third kappa shape index (κ3) is 11.6. The van der Waals surface area contributed by atoms with E-state index in [1.54, 1.807) is 0 Å². The maximum atomic E-state index is 11.5. The lowest BCUT2D eigenvalue weighted by atomic mass is 10.0. The molecule has 0 heterocycles. The fourth-order valence-corrected chi connectivity index (χ4v) is 2.66. The van der Waals surface area contributed by atoms with Gasteiger partial charge in [0.2, 0.25) is 0 Å². The van der Waals surface area contributed by atoms with E-state index in [9.17, 15) is 9.46 Å². The van der Waals surface area contributed by atoms with Crippen molar-refractivity contribution >= 4 is 7.82 Å². The molecule has 0 aromatic rings. The van der Waals surface area contributed by atoms with Gasteiger partial charge in [-0.1, -0.05) is 59.3 Å². The summed E-state index contributed by atoms with van der Waals surface area (Å²) in [5.74, 6) is 0.311. The van der Waals surface area contributed by atoms with Gasteiger partial charge in [0.15, 0.2) is 0 Å². The maximum absolute atomic E-state index is 11.5. The van der Waals surface area contributed by atoms with Gasteiger partial charge in [-0.2, -0.15) is 0 Å². The van der Waals surface area contributed by atoms with Crippen molar-refractivity contribution in [1.29, 1.82) is 0 Å². The fraction of sp³-hybridized carbons (Fsp3) is 1.00. The molecule has 0 aromatic heterocycles. The lowest BCUT2D eigenvalue weighted by Crippen LogP contribution is -2.14. The summed E-state index contributed by atoms with van der Waals surface area (Å²) in [5, 5.41) is 0. The smallest absolute Gasteiger partial charge is 0.267 e. The lowest BCUT2D eigenvalue weighted by molar-refractivity contribution is -0.226. The van der Waals surface area contributed by atoms with Gasteiger partial charge in [0.1, 0.15) is 0 Å². The Kier molecular flexibility index (Phi) is 12.0. The van der Waals surface area contributed by atoms with Crippen molar-refractivity contribution in [1.82, 2.24) is 0 Å². The summed E-state index contributed by atoms with van der Waals surface area (Å²) >= 11 is 0. The average molecular weight is 293 g/mol. The summed E-state index contributed by atoms with van der Waals surface area (Å²) < 4.78 is 21.4. The summed E-state index contributed by atoms with van der Waals surface area (Å²) in [6.45, 7) is 6.80. The second-order valence-electron chi connectivity index (χ2n) is 5.05. The molecule has 0 aliphatic carbocycles. The van der Waals surface area contributed by atoms with Crippen molar-refractivity contribution < 1.29 is 18.5 Å². The number of unbranched alkanes of at least 4 members (excludes halogenated alkanes) is 4. The minimum Gasteiger partial charge on any atom is -0.756 e. The highest BCUT2D eigenvalue weighted by Crippen LogP contribution is 2.39. The minimum absolute atomic E-state index is 0.243. The predicted octanol–water partition coefficient (Wildman–Crippen LogP) is 4.28. The van der Waals surface area contributed by atoms with Crippen LogP contribution in [0.15, 0.2) is 0 Å². The van der Waals surface area contributed by atoms with Gasteiger partial charge in [-0.25, -0.2) is 0 Å². The first kappa shape index (κ1) is 19.1. The molecule has 0 amide bonds. The molecule has 2 unspecified atom stereocenters. The zero-order valence-electron chi connectivity index (χ0n) is 12.7. The van der Waals surface area contributed by atoms with Gasteiger partial charge in [0.25, 0.3) is 7.82 Å². The van der Waals surface area contributed by atoms with Crippen LogP contribution in [-0.4, -0.2) is 13.2 Å². The van der Waals surface area contributed by atoms with Crippen molar-refractivity contribution in [3.05, 3.63) is 0 Å². The van der Waals surface area contributed by atoms with E-state index in [0.717, 1.165) is 51.4 Å². The molecule has 0 aliphatic heterocycles. The van der Waals surface area contributed by atoms with E-state index < -0.39 is 7.82 Å². The molecule has 0 aromatic carbocycles. The van der Waals surface area contributed by atoms with Gasteiger partial charge in [0.05, 0.1) is 13.2 Å². The quantitative estimate of drug-likeness (QED) is 0.375. The van der Waals surface area contributed by atoms with E-state index >= 15 is 0 Å². The summed E-state index contributed by atoms with van der Waals surface area (Å²) in [7, 11) is -4.09. The molecule has 116 valence electrons. The number of rotatable bonds is 13. The number of hydrogen-bond acceptors (Lipinski definition) is 4. The van der Waals surface area contributed by atoms with Crippen molar-refractivity contribution in [3.63, 3.8) is 0 Å². The van der Waals surface area contributed by atoms with Crippen LogP contribution in [0.4, 0.5) is 0 Å². The highest BCUT2D eigenvalue weighted by atomic mass is 31.2. The van der Waals surface area contributed by atoms with E-state index in [0.29, 0.717) is 5.92 Å². The fourth-order valence-electron chi connectivity index (χ4n) is 1.84. The Morgan fingerprint density at radius 1 is 1.00 bits per heavy atom. The van der Waals surface area contributed by atoms with Gasteiger partial charge >= 0.3 is 0 Å². The normalized spacial score (nSPS) is 16.2. The largest absolute Gasteiger partial charge is 0.756 e. The molecule has 0 N–H and O–H groups in total. The highest BCUT2D eigenvalue weighted by molar-refractivity contribution is 7.45. The maximum Gasteiger partial charge on any atom is 0.267 e. The van der Waals surface area contributed by atoms with Crippen LogP contribution in [-0.2, 0) is 13.6 Å². The van der Waals surface area contributed by atoms with Gasteiger partial charge in [-0.3, -0.25) is 4.57 Å². The summed E-state index contributed by atoms with van der Waals surface area (Å²) in [4.78, 5) is 11.5. The van der Waals surface area contributed by atoms with Gasteiger partial charge in [-0.15, -0.1) is 0 Å². The van der Waals surface area contributed by atoms with Crippen LogP contribution in [0.5, 0.6) is 0 Å². The molecule has 0 aliphatic rings. The Morgan fingerprint density at radius 2 is 1.68 bits per heavy atom. The van der Waals surface area contributed by atoms with E-state index in [1.165, 1.54) is 0 Å². The van der Waals surface area contributed by atoms with Crippen molar-refractivity contribution in [2.45, 2.75) is 72.1 Å². The van der Waals surface area contributed by atoms with Crippen LogP contribution in [0, 0.1) is 5.92 Å². The van der Waals surface area contributed by atoms with Gasteiger partial charge in [0, 0.05) is 0 Å². The Labute approximate surface area is 118 Å². The Hall–Kier alpha value is 0.110. The summed E-state index contributed by atoms with van der Waals surface area (Å²) in [6.07, 6.45) is 8.22. The molecule has 0 saturated heterocycles. The van der Waals surface area contributed by atoms with Crippen LogP contribution in [0.3, 0.4) is 0 Å². The van der Waals surface area contributed by atoms with Gasteiger partial charge < -0.3 is 13.9 Å². The highest BCUT2D eigenvalue weighted by Gasteiger charge is 2.13. The standard InChI is InChI=1S/C14H31O4P/c1-4-7-9-10-12-17-19(15,16)18-13-14(6-3)11-8-5-2/h14H,4-13H2,1-3H3,(H,15,16)/p-1. The van der Waals surface area contributed by atoms with Crippen LogP contribution in [0.1, 0.15) is 72.1 Å². The predicted molar refractivity (Wildman–Crippen MR) is 77.0 cm³/mol. The van der Waals surface area contributed by atoms with E-state index in [-0.39, 0.29) is 13.2 Å². The average Bonchev–Trinajstić information content (AvgIpc) is 2.38. The molecule has 0 spiro atoms. The van der Waals surface area contributed by atoms with E-state index in [4.69, 9.17) is 9.05 Å². The van der Waals surface area contributed by atoms with Crippen LogP contribution in [0.2, 0.25) is 0 Å². The molecule has 19 heavy (non-hydrogen) atoms. The Bertz CT molecular complexity index is 246. The molecule has 0 fully saturated rings. The molecule has 0 rings (SSSR count). The SMILES string of the molecule is CCCCCCOP(=O)([O-])OCC(CC)CCCC. The second kappa shape index (κ2) is 11.9. The zero-order valence-corrected chi connectivity index (χ0v) is 13.6. The minimum atomic E-state index is -4.09. The monoisotopic (exact) mass is 293 g/mol. The second-order valence-corrected chi connectivity index (χ2v) is 6.46. The van der Waals surface area contributed by atoms with Crippen molar-refractivity contribution in [3.8, 4) is 0 Å². The molecular weight excluding hydrogens is 263 g/mol. The van der Waals surface area contributed by atoms with E-state index in [1.807, 2.05) is 0 Å². The lowest BCUT2D eigenvalue weighted by Gasteiger charge is -2.25. The van der Waals surface area contributed by atoms with Crippen molar-refractivity contribution in [2.75, 3.05) is 13.2 Å². The summed E-state index contributed by atoms with van der Waals surface area (Å²) in [6, 6.07) is 0. The first-order valence-electron chi connectivity index (χ1n) is 7.65. The number of phosphoric ester groups is 1. The molecule has 0 saturated carbocycles. The van der Waals surface area contributed by atoms with Crippen LogP contribution >= 0.6 is 7.82 Å². The first-order valence-corrected chi connectivity index (χ1v) is 9.11. The number of phosphoric acid groups is 1. The van der Waals surface area contributed by atoms with Crippen LogP contribution in [0.25, 0.3) is 0 Å². The Morgan fingerprint density at radius 3 is 2.26 bits per heavy atom. The van der Waals surface area contributed by atoms with Crippen molar-refractivity contribution in [2.24, 2.45) is 5.92 Å². The molecule has 0 bridgehead atoms. The zero-order chi connectivity index (χ0) is 14.6. The number of hydrogen-bond donors (Lipinski definition) is 0. The molecule has 5 heteroatoms. The molecular formula is C14H30O4P-. The molecule has 4 nitrogen and oxygen atoms in total. The first-order chi connectivity index (χ1) is 9.05. The Balaban J connectivity index is 3.77. The molecule has 2 atom stereocenters. The topological polar surface area (TPSA) is 58.6 Å². The van der Waals surface area contributed by atoms with E-state index in [2.05, 4.69) is 20.8 Å². The summed E-state index contributed by atoms with van der Waals surface area (Å²) in [5.41, 5.74) is 0. The van der Waals surface area contributed by atoms with Crippen LogP contribution < -0.4 is 4.89 Å². The third-order valence-corrected chi connectivity index (χ3v) is 4.22.